The Morgan fingerprint density at radius 1 is 1.44 bits per heavy atom. The molecule has 0 spiro atoms. The highest BCUT2D eigenvalue weighted by molar-refractivity contribution is 6.05. The van der Waals surface area contributed by atoms with Gasteiger partial charge in [-0.2, -0.15) is 0 Å². The molecule has 144 valence electrons. The zero-order valence-corrected chi connectivity index (χ0v) is 16.2. The molecule has 6 nitrogen and oxygen atoms in total. The van der Waals surface area contributed by atoms with Crippen molar-refractivity contribution in [3.8, 4) is 0 Å². The lowest BCUT2D eigenvalue weighted by molar-refractivity contribution is -0.847. The van der Waals surface area contributed by atoms with Crippen molar-refractivity contribution in [1.29, 1.82) is 0 Å². The lowest BCUT2D eigenvalue weighted by atomic mass is 9.98. The van der Waals surface area contributed by atoms with Gasteiger partial charge in [0.2, 0.25) is 0 Å². The molecule has 3 unspecified atom stereocenters. The number of H-pyrrole nitrogens is 1. The molecular weight excluding hydrogens is 340 g/mol. The minimum absolute atomic E-state index is 0.0174. The van der Waals surface area contributed by atoms with E-state index in [0.717, 1.165) is 47.2 Å². The van der Waals surface area contributed by atoms with E-state index < -0.39 is 0 Å². The predicted octanol–water partition coefficient (Wildman–Crippen LogP) is 1.97. The summed E-state index contributed by atoms with van der Waals surface area (Å²) in [5, 5.41) is 4.10. The first-order valence-electron chi connectivity index (χ1n) is 10.2. The molecule has 2 amide bonds. The van der Waals surface area contributed by atoms with Gasteiger partial charge in [-0.25, -0.2) is 9.78 Å². The molecule has 3 atom stereocenters. The number of aromatic amines is 1. The summed E-state index contributed by atoms with van der Waals surface area (Å²) >= 11 is 0. The average Bonchev–Trinajstić information content (AvgIpc) is 3.37. The first-order chi connectivity index (χ1) is 13.1. The quantitative estimate of drug-likeness (QED) is 0.666. The van der Waals surface area contributed by atoms with Crippen LogP contribution in [0.3, 0.4) is 0 Å². The Kier molecular flexibility index (Phi) is 5.00. The first-order valence-corrected chi connectivity index (χ1v) is 10.2. The topological polar surface area (TPSA) is 79.3 Å². The van der Waals surface area contributed by atoms with E-state index in [1.807, 2.05) is 6.07 Å². The zero-order valence-electron chi connectivity index (χ0n) is 16.2. The van der Waals surface area contributed by atoms with Crippen LogP contribution in [0.5, 0.6) is 0 Å². The van der Waals surface area contributed by atoms with E-state index in [1.54, 1.807) is 12.4 Å². The normalized spacial score (nSPS) is 21.3. The van der Waals surface area contributed by atoms with Crippen LogP contribution < -0.4 is 10.2 Å². The molecule has 2 aromatic heterocycles. The van der Waals surface area contributed by atoms with Gasteiger partial charge in [-0.05, 0) is 38.2 Å². The van der Waals surface area contributed by atoms with Crippen LogP contribution in [0.2, 0.25) is 0 Å². The molecule has 27 heavy (non-hydrogen) atoms. The van der Waals surface area contributed by atoms with E-state index in [2.05, 4.69) is 29.1 Å². The number of hydrogen-bond donors (Lipinski definition) is 3. The van der Waals surface area contributed by atoms with E-state index in [1.165, 1.54) is 12.8 Å². The Morgan fingerprint density at radius 3 is 3.00 bits per heavy atom. The summed E-state index contributed by atoms with van der Waals surface area (Å²) in [6.07, 6.45) is 9.86. The van der Waals surface area contributed by atoms with E-state index in [0.29, 0.717) is 18.0 Å². The van der Waals surface area contributed by atoms with Crippen LogP contribution in [0.25, 0.3) is 11.0 Å². The number of unbranched alkanes of at least 4 members (excludes halogenated alkanes) is 1. The standard InChI is InChI=1S/C21H28N4O2/c1-3-4-5-13(2)24-20(26)17(10-14-6-7-14)25-12-15-8-9-22-19-18(15)16(11-23-19)21(25)27/h8-9,11,13-14,17H,3-7,10,12H2,1-2H3,(H,22,23)(H,24,26)/p+1. The third kappa shape index (κ3) is 3.63. The average molecular weight is 369 g/mol. The van der Waals surface area contributed by atoms with Crippen LogP contribution in [-0.2, 0) is 11.3 Å². The molecule has 0 radical (unpaired) electrons. The Morgan fingerprint density at radius 2 is 2.26 bits per heavy atom. The summed E-state index contributed by atoms with van der Waals surface area (Å²) in [7, 11) is 0. The van der Waals surface area contributed by atoms with Crippen molar-refractivity contribution in [2.75, 3.05) is 0 Å². The number of amides is 2. The second-order valence-corrected chi connectivity index (χ2v) is 8.21. The number of pyridine rings is 1. The number of rotatable bonds is 8. The first kappa shape index (κ1) is 18.2. The molecule has 0 saturated heterocycles. The van der Waals surface area contributed by atoms with Crippen LogP contribution in [0.1, 0.15) is 68.3 Å². The lowest BCUT2D eigenvalue weighted by Gasteiger charge is -2.29. The molecule has 0 aromatic carbocycles. The minimum Gasteiger partial charge on any atom is -0.348 e. The molecule has 3 N–H and O–H groups in total. The second kappa shape index (κ2) is 7.43. The summed E-state index contributed by atoms with van der Waals surface area (Å²) in [6.45, 7) is 4.77. The van der Waals surface area contributed by atoms with Crippen molar-refractivity contribution in [3.05, 3.63) is 29.6 Å². The predicted molar refractivity (Wildman–Crippen MR) is 103 cm³/mol. The third-order valence-electron chi connectivity index (χ3n) is 5.96. The summed E-state index contributed by atoms with van der Waals surface area (Å²) in [4.78, 5) is 34.5. The fourth-order valence-corrected chi connectivity index (χ4v) is 4.21. The van der Waals surface area contributed by atoms with Gasteiger partial charge in [0.1, 0.15) is 17.8 Å². The second-order valence-electron chi connectivity index (χ2n) is 8.21. The van der Waals surface area contributed by atoms with Crippen molar-refractivity contribution >= 4 is 22.8 Å². The Labute approximate surface area is 159 Å². The van der Waals surface area contributed by atoms with E-state index in [4.69, 9.17) is 0 Å². The highest BCUT2D eigenvalue weighted by atomic mass is 16.2. The van der Waals surface area contributed by atoms with Crippen molar-refractivity contribution in [3.63, 3.8) is 0 Å². The van der Waals surface area contributed by atoms with E-state index in [9.17, 15) is 9.59 Å². The van der Waals surface area contributed by atoms with Crippen LogP contribution in [-0.4, -0.2) is 33.9 Å². The number of aromatic nitrogens is 2. The maximum Gasteiger partial charge on any atom is 0.347 e. The monoisotopic (exact) mass is 369 g/mol. The number of quaternary nitrogens is 1. The SMILES string of the molecule is CCCCC(C)NC(=O)C(CC1CC1)[NH+]1Cc2ccnc3[nH]cc(c23)C1=O. The molecule has 6 heteroatoms. The fourth-order valence-electron chi connectivity index (χ4n) is 4.21. The molecule has 1 fully saturated rings. The lowest BCUT2D eigenvalue weighted by Crippen LogP contribution is -3.18. The van der Waals surface area contributed by atoms with E-state index >= 15 is 0 Å². The van der Waals surface area contributed by atoms with Crippen LogP contribution in [0.4, 0.5) is 0 Å². The van der Waals surface area contributed by atoms with Crippen molar-refractivity contribution in [1.82, 2.24) is 15.3 Å². The smallest absolute Gasteiger partial charge is 0.347 e. The van der Waals surface area contributed by atoms with Gasteiger partial charge in [0.05, 0.1) is 0 Å². The summed E-state index contributed by atoms with van der Waals surface area (Å²) < 4.78 is 0. The maximum atomic E-state index is 13.2. The Bertz CT molecular complexity index is 855. The number of nitrogens with one attached hydrogen (secondary N) is 3. The summed E-state index contributed by atoms with van der Waals surface area (Å²) in [5.41, 5.74) is 2.52. The van der Waals surface area contributed by atoms with Gasteiger partial charge in [0.25, 0.3) is 5.91 Å². The highest BCUT2D eigenvalue weighted by Gasteiger charge is 2.43. The largest absolute Gasteiger partial charge is 0.348 e. The number of carbonyl (C=O) groups is 2. The molecule has 3 heterocycles. The Balaban J connectivity index is 1.57. The van der Waals surface area contributed by atoms with Gasteiger partial charge in [-0.3, -0.25) is 9.69 Å². The fraction of sp³-hybridized carbons (Fsp3) is 0.571. The molecule has 0 bridgehead atoms. The number of carbonyl (C=O) groups excluding carboxylic acids is 2. The maximum absolute atomic E-state index is 13.2. The minimum atomic E-state index is -0.319. The van der Waals surface area contributed by atoms with Gasteiger partial charge in [0, 0.05) is 35.8 Å². The number of hydrogen-bond acceptors (Lipinski definition) is 3. The van der Waals surface area contributed by atoms with E-state index in [-0.39, 0.29) is 23.9 Å². The van der Waals surface area contributed by atoms with Gasteiger partial charge >= 0.3 is 5.91 Å². The Hall–Kier alpha value is -2.21. The van der Waals surface area contributed by atoms with Gasteiger partial charge in [-0.1, -0.05) is 19.8 Å². The molecule has 1 aliphatic carbocycles. The van der Waals surface area contributed by atoms with Crippen LogP contribution in [0.15, 0.2) is 18.5 Å². The zero-order chi connectivity index (χ0) is 19.0. The van der Waals surface area contributed by atoms with Gasteiger partial charge in [-0.15, -0.1) is 0 Å². The summed E-state index contributed by atoms with van der Waals surface area (Å²) in [6, 6.07) is 1.80. The van der Waals surface area contributed by atoms with Crippen LogP contribution >= 0.6 is 0 Å². The molecule has 2 aromatic rings. The molecule has 1 aliphatic heterocycles. The van der Waals surface area contributed by atoms with Gasteiger partial charge < -0.3 is 10.3 Å². The summed E-state index contributed by atoms with van der Waals surface area (Å²) in [5.74, 6) is 0.624. The molecule has 1 saturated carbocycles. The van der Waals surface area contributed by atoms with Crippen molar-refractivity contribution in [2.24, 2.45) is 5.92 Å². The van der Waals surface area contributed by atoms with Crippen molar-refractivity contribution in [2.45, 2.75) is 71.0 Å². The highest BCUT2D eigenvalue weighted by Crippen LogP contribution is 2.33. The molecule has 2 aliphatic rings. The third-order valence-corrected chi connectivity index (χ3v) is 5.96. The molecular formula is C21H29N4O2+. The van der Waals surface area contributed by atoms with Gasteiger partial charge in [0.15, 0.2) is 6.04 Å². The van der Waals surface area contributed by atoms with Crippen LogP contribution in [0, 0.1) is 5.92 Å². The van der Waals surface area contributed by atoms with Crippen molar-refractivity contribution < 1.29 is 14.5 Å². The number of nitrogens with zero attached hydrogens (tertiary/aromatic N) is 1. The molecule has 4 rings (SSSR count).